The Labute approximate surface area is 206 Å². The van der Waals surface area contributed by atoms with Crippen molar-refractivity contribution in [3.05, 3.63) is 83.3 Å². The fourth-order valence-electron chi connectivity index (χ4n) is 4.08. The van der Waals surface area contributed by atoms with Crippen molar-refractivity contribution in [3.63, 3.8) is 0 Å². The SMILES string of the molecule is COc1cc(NC(=O)c2ccc3nc(C)[nH]c3c2)ccc1NC(=O)c1ccc2nc(C)cc(N)c2c1. The molecule has 0 saturated heterocycles. The van der Waals surface area contributed by atoms with E-state index < -0.39 is 0 Å². The molecule has 0 aliphatic carbocycles. The van der Waals surface area contributed by atoms with E-state index in [4.69, 9.17) is 10.5 Å². The van der Waals surface area contributed by atoms with Crippen LogP contribution in [0.5, 0.6) is 5.75 Å². The van der Waals surface area contributed by atoms with Crippen LogP contribution in [0.1, 0.15) is 32.2 Å². The number of aryl methyl sites for hydroxylation is 2. The van der Waals surface area contributed by atoms with Crippen molar-refractivity contribution in [1.82, 2.24) is 15.0 Å². The van der Waals surface area contributed by atoms with Gasteiger partial charge >= 0.3 is 0 Å². The molecule has 2 amide bonds. The van der Waals surface area contributed by atoms with Crippen LogP contribution in [0.25, 0.3) is 21.9 Å². The van der Waals surface area contributed by atoms with Crippen molar-refractivity contribution < 1.29 is 14.3 Å². The van der Waals surface area contributed by atoms with Gasteiger partial charge in [-0.15, -0.1) is 0 Å². The number of aromatic nitrogens is 3. The summed E-state index contributed by atoms with van der Waals surface area (Å²) in [4.78, 5) is 37.7. The Morgan fingerprint density at radius 2 is 1.58 bits per heavy atom. The quantitative estimate of drug-likeness (QED) is 0.285. The van der Waals surface area contributed by atoms with Gasteiger partial charge in [-0.25, -0.2) is 4.98 Å². The van der Waals surface area contributed by atoms with Gasteiger partial charge in [-0.1, -0.05) is 0 Å². The molecular weight excluding hydrogens is 456 g/mol. The number of rotatable bonds is 5. The summed E-state index contributed by atoms with van der Waals surface area (Å²) in [5.41, 5.74) is 11.7. The van der Waals surface area contributed by atoms with Crippen LogP contribution in [0.3, 0.4) is 0 Å². The number of hydrogen-bond acceptors (Lipinski definition) is 6. The van der Waals surface area contributed by atoms with Gasteiger partial charge in [0.05, 0.1) is 29.3 Å². The summed E-state index contributed by atoms with van der Waals surface area (Å²) in [6.07, 6.45) is 0. The van der Waals surface area contributed by atoms with Gasteiger partial charge in [0.2, 0.25) is 0 Å². The van der Waals surface area contributed by atoms with E-state index >= 15 is 0 Å². The number of H-pyrrole nitrogens is 1. The van der Waals surface area contributed by atoms with Crippen molar-refractivity contribution in [3.8, 4) is 5.75 Å². The van der Waals surface area contributed by atoms with Gasteiger partial charge in [0.15, 0.2) is 0 Å². The van der Waals surface area contributed by atoms with Crippen LogP contribution in [0, 0.1) is 13.8 Å². The molecule has 0 saturated carbocycles. The third-order valence-electron chi connectivity index (χ3n) is 5.80. The first-order valence-electron chi connectivity index (χ1n) is 11.2. The van der Waals surface area contributed by atoms with Crippen LogP contribution in [-0.2, 0) is 0 Å². The Hall–Kier alpha value is -4.92. The lowest BCUT2D eigenvalue weighted by atomic mass is 10.1. The van der Waals surface area contributed by atoms with E-state index in [1.54, 1.807) is 60.7 Å². The number of ether oxygens (including phenoxy) is 1. The lowest BCUT2D eigenvalue weighted by Crippen LogP contribution is -2.14. The number of fused-ring (bicyclic) bond motifs is 2. The van der Waals surface area contributed by atoms with Crippen LogP contribution in [0.15, 0.2) is 60.7 Å². The predicted octanol–water partition coefficient (Wildman–Crippen LogP) is 4.82. The third kappa shape index (κ3) is 4.41. The van der Waals surface area contributed by atoms with Gasteiger partial charge in [-0.3, -0.25) is 14.6 Å². The highest BCUT2D eigenvalue weighted by molar-refractivity contribution is 6.09. The summed E-state index contributed by atoms with van der Waals surface area (Å²) in [7, 11) is 1.50. The molecule has 5 N–H and O–H groups in total. The minimum Gasteiger partial charge on any atom is -0.494 e. The number of carbonyl (C=O) groups is 2. The zero-order chi connectivity index (χ0) is 25.4. The molecule has 9 heteroatoms. The molecule has 180 valence electrons. The number of nitrogens with one attached hydrogen (secondary N) is 3. The molecule has 5 rings (SSSR count). The Morgan fingerprint density at radius 1 is 0.861 bits per heavy atom. The van der Waals surface area contributed by atoms with Gasteiger partial charge in [-0.2, -0.15) is 0 Å². The van der Waals surface area contributed by atoms with Crippen LogP contribution >= 0.6 is 0 Å². The number of anilines is 3. The number of pyridine rings is 1. The molecule has 0 aliphatic heterocycles. The second-order valence-corrected chi connectivity index (χ2v) is 8.46. The molecule has 0 unspecified atom stereocenters. The molecular formula is C27H24N6O3. The smallest absolute Gasteiger partial charge is 0.255 e. The first-order chi connectivity index (χ1) is 17.3. The summed E-state index contributed by atoms with van der Waals surface area (Å²) < 4.78 is 5.46. The molecule has 3 aromatic carbocycles. The standard InChI is InChI=1S/C27H24N6O3/c1-14-10-20(28)19-11-16(4-7-21(19)29-14)27(35)33-23-9-6-18(13-25(23)36-3)32-26(34)17-5-8-22-24(12-17)31-15(2)30-22/h4-13H,1-3H3,(H2,28,29)(H,30,31)(H,32,34)(H,33,35). The first-order valence-corrected chi connectivity index (χ1v) is 11.2. The van der Waals surface area contributed by atoms with Crippen molar-refractivity contribution in [2.24, 2.45) is 0 Å². The van der Waals surface area contributed by atoms with E-state index in [9.17, 15) is 9.59 Å². The monoisotopic (exact) mass is 480 g/mol. The molecule has 2 aromatic heterocycles. The summed E-state index contributed by atoms with van der Waals surface area (Å²) >= 11 is 0. The van der Waals surface area contributed by atoms with Crippen LogP contribution in [0.4, 0.5) is 17.1 Å². The Kier molecular flexibility index (Phi) is 5.73. The maximum Gasteiger partial charge on any atom is 0.255 e. The molecule has 5 aromatic rings. The summed E-state index contributed by atoms with van der Waals surface area (Å²) in [6, 6.07) is 17.2. The number of aromatic amines is 1. The van der Waals surface area contributed by atoms with E-state index in [2.05, 4.69) is 25.6 Å². The van der Waals surface area contributed by atoms with E-state index in [0.717, 1.165) is 28.1 Å². The number of nitrogen functional groups attached to an aromatic ring is 1. The molecule has 0 aliphatic rings. The van der Waals surface area contributed by atoms with Crippen molar-refractivity contribution in [1.29, 1.82) is 0 Å². The molecule has 0 radical (unpaired) electrons. The number of imidazole rings is 1. The highest BCUT2D eigenvalue weighted by Gasteiger charge is 2.14. The second-order valence-electron chi connectivity index (χ2n) is 8.46. The fourth-order valence-corrected chi connectivity index (χ4v) is 4.08. The Morgan fingerprint density at radius 3 is 2.36 bits per heavy atom. The molecule has 36 heavy (non-hydrogen) atoms. The number of amides is 2. The van der Waals surface area contributed by atoms with Crippen LogP contribution in [-0.4, -0.2) is 33.9 Å². The van der Waals surface area contributed by atoms with Crippen LogP contribution < -0.4 is 21.1 Å². The predicted molar refractivity (Wildman–Crippen MR) is 141 cm³/mol. The lowest BCUT2D eigenvalue weighted by Gasteiger charge is -2.13. The molecule has 0 fully saturated rings. The van der Waals surface area contributed by atoms with E-state index in [0.29, 0.717) is 39.3 Å². The Balaban J connectivity index is 1.34. The third-order valence-corrected chi connectivity index (χ3v) is 5.80. The zero-order valence-electron chi connectivity index (χ0n) is 20.0. The maximum absolute atomic E-state index is 13.0. The van der Waals surface area contributed by atoms with Crippen molar-refractivity contribution >= 4 is 50.8 Å². The highest BCUT2D eigenvalue weighted by atomic mass is 16.5. The van der Waals surface area contributed by atoms with Gasteiger partial charge in [0.25, 0.3) is 11.8 Å². The summed E-state index contributed by atoms with van der Waals surface area (Å²) in [6.45, 7) is 3.73. The van der Waals surface area contributed by atoms with Crippen molar-refractivity contribution in [2.45, 2.75) is 13.8 Å². The van der Waals surface area contributed by atoms with Crippen molar-refractivity contribution in [2.75, 3.05) is 23.5 Å². The first kappa shape index (κ1) is 22.9. The van der Waals surface area contributed by atoms with E-state index in [-0.39, 0.29) is 11.8 Å². The van der Waals surface area contributed by atoms with Gasteiger partial charge < -0.3 is 26.1 Å². The molecule has 0 atom stereocenters. The fraction of sp³-hybridized carbons (Fsp3) is 0.111. The van der Waals surface area contributed by atoms with Gasteiger partial charge in [0, 0.05) is 39.6 Å². The highest BCUT2D eigenvalue weighted by Crippen LogP contribution is 2.29. The number of carbonyl (C=O) groups excluding carboxylic acids is 2. The summed E-state index contributed by atoms with van der Waals surface area (Å²) in [5, 5.41) is 6.43. The van der Waals surface area contributed by atoms with Gasteiger partial charge in [0.1, 0.15) is 11.6 Å². The largest absolute Gasteiger partial charge is 0.494 e. The van der Waals surface area contributed by atoms with Crippen LogP contribution in [0.2, 0.25) is 0 Å². The lowest BCUT2D eigenvalue weighted by molar-refractivity contribution is 0.101. The zero-order valence-corrected chi connectivity index (χ0v) is 20.0. The number of methoxy groups -OCH3 is 1. The second kappa shape index (κ2) is 9.03. The average molecular weight is 481 g/mol. The molecule has 0 spiro atoms. The maximum atomic E-state index is 13.0. The normalized spacial score (nSPS) is 11.0. The molecule has 9 nitrogen and oxygen atoms in total. The number of nitrogens with zero attached hydrogens (tertiary/aromatic N) is 2. The number of nitrogens with two attached hydrogens (primary N) is 1. The summed E-state index contributed by atoms with van der Waals surface area (Å²) in [5.74, 6) is 0.581. The van der Waals surface area contributed by atoms with E-state index in [1.165, 1.54) is 7.11 Å². The Bertz CT molecular complexity index is 1660. The van der Waals surface area contributed by atoms with E-state index in [1.807, 2.05) is 13.8 Å². The molecule has 2 heterocycles. The van der Waals surface area contributed by atoms with Gasteiger partial charge in [-0.05, 0) is 68.4 Å². The average Bonchev–Trinajstić information content (AvgIpc) is 3.23. The topological polar surface area (TPSA) is 135 Å². The number of hydrogen-bond donors (Lipinski definition) is 4. The minimum atomic E-state index is -0.324. The molecule has 0 bridgehead atoms. The number of benzene rings is 3. The minimum absolute atomic E-state index is 0.277.